The molecular formula is C23H32N4O2. The van der Waals surface area contributed by atoms with E-state index in [2.05, 4.69) is 32.3 Å². The molecule has 4 heterocycles. The number of allylic oxidation sites excluding steroid dienone is 2. The number of nitrogens with one attached hydrogen (secondary N) is 2. The first-order valence-electron chi connectivity index (χ1n) is 11.3. The zero-order valence-electron chi connectivity index (χ0n) is 17.1. The summed E-state index contributed by atoms with van der Waals surface area (Å²) in [5.41, 5.74) is 0.614. The van der Waals surface area contributed by atoms with E-state index >= 15 is 0 Å². The lowest BCUT2D eigenvalue weighted by atomic mass is 9.72. The smallest absolute Gasteiger partial charge is 0.267 e. The molecule has 6 nitrogen and oxygen atoms in total. The molecule has 2 bridgehead atoms. The van der Waals surface area contributed by atoms with Crippen molar-refractivity contribution in [2.75, 3.05) is 26.2 Å². The number of fused-ring (bicyclic) bond motifs is 4. The molecule has 5 rings (SSSR count). The van der Waals surface area contributed by atoms with Crippen molar-refractivity contribution in [3.05, 3.63) is 36.2 Å². The van der Waals surface area contributed by atoms with Gasteiger partial charge in [-0.15, -0.1) is 0 Å². The van der Waals surface area contributed by atoms with E-state index in [0.29, 0.717) is 42.1 Å². The number of piperidine rings is 3. The fraction of sp³-hybridized carbons (Fsp3) is 0.652. The predicted molar refractivity (Wildman–Crippen MR) is 111 cm³/mol. The Hall–Kier alpha value is -2.08. The highest BCUT2D eigenvalue weighted by molar-refractivity contribution is 5.92. The molecule has 4 atom stereocenters. The molecule has 0 radical (unpaired) electrons. The number of likely N-dealkylation sites (tertiary alicyclic amines) is 1. The zero-order valence-corrected chi connectivity index (χ0v) is 17.1. The minimum absolute atomic E-state index is 0.0357. The number of rotatable bonds is 4. The number of carbonyl (C=O) groups is 2. The molecule has 4 aliphatic rings. The number of nitrogens with zero attached hydrogens (tertiary/aromatic N) is 2. The summed E-state index contributed by atoms with van der Waals surface area (Å²) in [7, 11) is 0. The summed E-state index contributed by atoms with van der Waals surface area (Å²) in [5.74, 6) is 1.50. The normalized spacial score (nSPS) is 32.2. The standard InChI is InChI=1S/C23H32N4O2/c28-22(19-8-5-10-24-19)25-13-21-18-12-17(20-9-3-4-11-27(20)21)14-26(15-18)23(29)16-6-1-2-7-16/h1-2,5,8,10,16-18,20-21,24H,3-4,6-7,9,11-15H2,(H,25,28)/t17-,18+,20+,21+/m1/s1. The van der Waals surface area contributed by atoms with Crippen LogP contribution in [0.25, 0.3) is 0 Å². The summed E-state index contributed by atoms with van der Waals surface area (Å²) >= 11 is 0. The molecule has 3 fully saturated rings. The minimum Gasteiger partial charge on any atom is -0.357 e. The van der Waals surface area contributed by atoms with Crippen LogP contribution in [0.2, 0.25) is 0 Å². The molecule has 3 aliphatic heterocycles. The van der Waals surface area contributed by atoms with Gasteiger partial charge in [-0.3, -0.25) is 14.5 Å². The van der Waals surface area contributed by atoms with Crippen molar-refractivity contribution in [2.24, 2.45) is 17.8 Å². The molecule has 156 valence electrons. The van der Waals surface area contributed by atoms with Gasteiger partial charge >= 0.3 is 0 Å². The van der Waals surface area contributed by atoms with Crippen LogP contribution < -0.4 is 5.32 Å². The average molecular weight is 397 g/mol. The Morgan fingerprint density at radius 1 is 1.14 bits per heavy atom. The summed E-state index contributed by atoms with van der Waals surface area (Å²) in [5, 5.41) is 3.16. The topological polar surface area (TPSA) is 68.4 Å². The van der Waals surface area contributed by atoms with Gasteiger partial charge in [-0.05, 0) is 62.6 Å². The molecule has 3 saturated heterocycles. The van der Waals surface area contributed by atoms with Crippen LogP contribution in [-0.2, 0) is 4.79 Å². The van der Waals surface area contributed by atoms with E-state index in [0.717, 1.165) is 32.5 Å². The molecule has 0 unspecified atom stereocenters. The molecule has 1 aromatic heterocycles. The van der Waals surface area contributed by atoms with Crippen molar-refractivity contribution < 1.29 is 9.59 Å². The van der Waals surface area contributed by atoms with Gasteiger partial charge in [0, 0.05) is 43.8 Å². The van der Waals surface area contributed by atoms with Crippen molar-refractivity contribution in [3.63, 3.8) is 0 Å². The van der Waals surface area contributed by atoms with Gasteiger partial charge in [0.05, 0.1) is 0 Å². The first-order valence-corrected chi connectivity index (χ1v) is 11.3. The highest BCUT2D eigenvalue weighted by Crippen LogP contribution is 2.41. The minimum atomic E-state index is -0.0357. The van der Waals surface area contributed by atoms with Gasteiger partial charge in [0.1, 0.15) is 5.69 Å². The highest BCUT2D eigenvalue weighted by Gasteiger charge is 2.48. The number of hydrogen-bond acceptors (Lipinski definition) is 3. The Morgan fingerprint density at radius 2 is 1.97 bits per heavy atom. The number of amides is 2. The second-order valence-corrected chi connectivity index (χ2v) is 9.30. The van der Waals surface area contributed by atoms with Crippen molar-refractivity contribution in [1.29, 1.82) is 0 Å². The van der Waals surface area contributed by atoms with Crippen LogP contribution in [0.15, 0.2) is 30.5 Å². The first-order chi connectivity index (χ1) is 14.2. The molecule has 29 heavy (non-hydrogen) atoms. The third-order valence-corrected chi connectivity index (χ3v) is 7.60. The number of aromatic amines is 1. The summed E-state index contributed by atoms with van der Waals surface area (Å²) in [6.45, 7) is 3.56. The van der Waals surface area contributed by atoms with Gasteiger partial charge < -0.3 is 15.2 Å². The van der Waals surface area contributed by atoms with Gasteiger partial charge in [0.25, 0.3) is 5.91 Å². The largest absolute Gasteiger partial charge is 0.357 e. The van der Waals surface area contributed by atoms with E-state index < -0.39 is 0 Å². The van der Waals surface area contributed by atoms with Crippen LogP contribution in [0.3, 0.4) is 0 Å². The predicted octanol–water partition coefficient (Wildman–Crippen LogP) is 2.41. The molecule has 1 aromatic rings. The monoisotopic (exact) mass is 396 g/mol. The maximum absolute atomic E-state index is 13.1. The van der Waals surface area contributed by atoms with Gasteiger partial charge in [-0.2, -0.15) is 0 Å². The number of H-pyrrole nitrogens is 1. The van der Waals surface area contributed by atoms with E-state index in [4.69, 9.17) is 0 Å². The lowest BCUT2D eigenvalue weighted by Gasteiger charge is -2.57. The maximum atomic E-state index is 13.1. The van der Waals surface area contributed by atoms with Crippen LogP contribution in [-0.4, -0.2) is 64.9 Å². The van der Waals surface area contributed by atoms with E-state index in [1.54, 1.807) is 6.20 Å². The highest BCUT2D eigenvalue weighted by atomic mass is 16.2. The summed E-state index contributed by atoms with van der Waals surface area (Å²) < 4.78 is 0. The van der Waals surface area contributed by atoms with Crippen LogP contribution in [0, 0.1) is 17.8 Å². The molecule has 2 amide bonds. The van der Waals surface area contributed by atoms with Crippen LogP contribution in [0.1, 0.15) is 49.0 Å². The van der Waals surface area contributed by atoms with Crippen LogP contribution >= 0.6 is 0 Å². The van der Waals surface area contributed by atoms with Gasteiger partial charge in [-0.1, -0.05) is 18.6 Å². The fourth-order valence-electron chi connectivity index (χ4n) is 6.21. The maximum Gasteiger partial charge on any atom is 0.267 e. The summed E-state index contributed by atoms with van der Waals surface area (Å²) in [6, 6.07) is 4.55. The van der Waals surface area contributed by atoms with E-state index in [1.165, 1.54) is 25.7 Å². The first kappa shape index (κ1) is 18.9. The van der Waals surface area contributed by atoms with Gasteiger partial charge in [-0.25, -0.2) is 0 Å². The quantitative estimate of drug-likeness (QED) is 0.768. The lowest BCUT2D eigenvalue weighted by Crippen LogP contribution is -2.66. The molecule has 6 heteroatoms. The van der Waals surface area contributed by atoms with Crippen LogP contribution in [0.5, 0.6) is 0 Å². The van der Waals surface area contributed by atoms with E-state index in [9.17, 15) is 9.59 Å². The molecule has 0 spiro atoms. The summed E-state index contributed by atoms with van der Waals surface area (Å²) in [6.07, 6.45) is 12.8. The molecule has 0 saturated carbocycles. The lowest BCUT2D eigenvalue weighted by molar-refractivity contribution is -0.144. The SMILES string of the molecule is O=C(NC[C@H]1[C@H]2C[C@H](CN(C(=O)C3CC=CC3)C2)[C@@H]2CCCCN21)c1ccc[nH]1. The Morgan fingerprint density at radius 3 is 2.76 bits per heavy atom. The molecule has 1 aliphatic carbocycles. The van der Waals surface area contributed by atoms with Crippen molar-refractivity contribution in [1.82, 2.24) is 20.1 Å². The van der Waals surface area contributed by atoms with Crippen molar-refractivity contribution >= 4 is 11.8 Å². The second kappa shape index (κ2) is 7.98. The number of aromatic nitrogens is 1. The number of hydrogen-bond donors (Lipinski definition) is 2. The Labute approximate surface area is 172 Å². The van der Waals surface area contributed by atoms with Gasteiger partial charge in [0.15, 0.2) is 0 Å². The fourth-order valence-corrected chi connectivity index (χ4v) is 6.21. The average Bonchev–Trinajstić information content (AvgIpc) is 3.47. The third-order valence-electron chi connectivity index (χ3n) is 7.60. The summed E-state index contributed by atoms with van der Waals surface area (Å²) in [4.78, 5) is 33.5. The van der Waals surface area contributed by atoms with Gasteiger partial charge in [0.2, 0.25) is 5.91 Å². The number of carbonyl (C=O) groups excluding carboxylic acids is 2. The molecule has 0 aromatic carbocycles. The van der Waals surface area contributed by atoms with E-state index in [1.807, 2.05) is 12.1 Å². The molecular weight excluding hydrogens is 364 g/mol. The van der Waals surface area contributed by atoms with Crippen molar-refractivity contribution in [2.45, 2.75) is 50.6 Å². The Balaban J connectivity index is 1.31. The zero-order chi connectivity index (χ0) is 19.8. The van der Waals surface area contributed by atoms with Crippen molar-refractivity contribution in [3.8, 4) is 0 Å². The van der Waals surface area contributed by atoms with E-state index in [-0.39, 0.29) is 11.8 Å². The third kappa shape index (κ3) is 3.63. The molecule has 2 N–H and O–H groups in total. The Kier molecular flexibility index (Phi) is 5.20. The second-order valence-electron chi connectivity index (χ2n) is 9.30. The Bertz CT molecular complexity index is 766. The van der Waals surface area contributed by atoms with Crippen LogP contribution in [0.4, 0.5) is 0 Å².